The van der Waals surface area contributed by atoms with E-state index in [2.05, 4.69) is 4.98 Å². The number of rotatable bonds is 4. The number of aromatic nitrogens is 3. The second kappa shape index (κ2) is 6.59. The van der Waals surface area contributed by atoms with Crippen LogP contribution >= 0.6 is 0 Å². The lowest BCUT2D eigenvalue weighted by Crippen LogP contribution is -2.13. The number of phenols is 1. The van der Waals surface area contributed by atoms with Gasteiger partial charge in [-0.05, 0) is 42.5 Å². The Bertz CT molecular complexity index is 1220. The molecule has 4 aromatic rings. The first-order chi connectivity index (χ1) is 14.1. The number of fused-ring (bicyclic) bond motifs is 2. The molecule has 2 aromatic carbocycles. The van der Waals surface area contributed by atoms with Crippen LogP contribution in [-0.2, 0) is 0 Å². The second-order valence-corrected chi connectivity index (χ2v) is 6.59. The maximum Gasteiger partial charge on any atom is 0.231 e. The summed E-state index contributed by atoms with van der Waals surface area (Å²) >= 11 is 0. The molecule has 8 nitrogen and oxygen atoms in total. The van der Waals surface area contributed by atoms with Gasteiger partial charge >= 0.3 is 0 Å². The largest absolute Gasteiger partial charge is 0.504 e. The van der Waals surface area contributed by atoms with Crippen molar-refractivity contribution in [3.05, 3.63) is 54.7 Å². The molecule has 8 heteroatoms. The van der Waals surface area contributed by atoms with Gasteiger partial charge in [-0.1, -0.05) is 0 Å². The van der Waals surface area contributed by atoms with Gasteiger partial charge in [-0.3, -0.25) is 0 Å². The average molecular weight is 390 g/mol. The van der Waals surface area contributed by atoms with E-state index in [1.54, 1.807) is 28.9 Å². The molecule has 29 heavy (non-hydrogen) atoms. The minimum absolute atomic E-state index is 0.0845. The quantitative estimate of drug-likeness (QED) is 0.570. The molecule has 3 heterocycles. The van der Waals surface area contributed by atoms with Crippen molar-refractivity contribution in [1.29, 1.82) is 0 Å². The fraction of sp³-hybridized carbons (Fsp3) is 0.143. The van der Waals surface area contributed by atoms with Crippen molar-refractivity contribution in [2.45, 2.75) is 0 Å². The van der Waals surface area contributed by atoms with E-state index in [0.717, 1.165) is 39.9 Å². The van der Waals surface area contributed by atoms with Crippen LogP contribution in [0.4, 0.5) is 11.5 Å². The van der Waals surface area contributed by atoms with E-state index in [1.807, 2.05) is 42.3 Å². The molecule has 0 radical (unpaired) electrons. The standard InChI is InChI=1S/C21H18N4O4/c1-24(14-4-6-17-19(10-14)29-12-28-17)21-8-7-20-22-11-15(25(20)23-21)13-3-5-16(26)18(9-13)27-2/h3-11,26H,12H2,1-2H3. The van der Waals surface area contributed by atoms with Crippen LogP contribution in [0.2, 0.25) is 0 Å². The minimum atomic E-state index is 0.0845. The number of aromatic hydroxyl groups is 1. The van der Waals surface area contributed by atoms with Gasteiger partial charge in [0.05, 0.1) is 19.0 Å². The molecule has 1 aliphatic heterocycles. The predicted octanol–water partition coefficient (Wildman–Crippen LogP) is 3.61. The lowest BCUT2D eigenvalue weighted by molar-refractivity contribution is 0.174. The van der Waals surface area contributed by atoms with E-state index in [0.29, 0.717) is 5.75 Å². The van der Waals surface area contributed by atoms with Gasteiger partial charge in [0, 0.05) is 24.4 Å². The fourth-order valence-corrected chi connectivity index (χ4v) is 3.30. The third kappa shape index (κ3) is 2.85. The first-order valence-corrected chi connectivity index (χ1v) is 8.99. The number of imidazole rings is 1. The minimum Gasteiger partial charge on any atom is -0.504 e. The van der Waals surface area contributed by atoms with Gasteiger partial charge in [0.25, 0.3) is 0 Å². The van der Waals surface area contributed by atoms with Gasteiger partial charge in [-0.2, -0.15) is 0 Å². The Labute approximate surface area is 166 Å². The second-order valence-electron chi connectivity index (χ2n) is 6.59. The smallest absolute Gasteiger partial charge is 0.231 e. The summed E-state index contributed by atoms with van der Waals surface area (Å²) in [5.41, 5.74) is 3.27. The van der Waals surface area contributed by atoms with E-state index < -0.39 is 0 Å². The molecule has 2 aromatic heterocycles. The zero-order valence-electron chi connectivity index (χ0n) is 15.9. The van der Waals surface area contributed by atoms with Crippen LogP contribution in [-0.4, -0.2) is 40.7 Å². The lowest BCUT2D eigenvalue weighted by atomic mass is 10.1. The molecule has 5 rings (SSSR count). The molecule has 0 unspecified atom stereocenters. The Morgan fingerprint density at radius 3 is 2.79 bits per heavy atom. The third-order valence-corrected chi connectivity index (χ3v) is 4.91. The summed E-state index contributed by atoms with van der Waals surface area (Å²) in [7, 11) is 3.45. The van der Waals surface area contributed by atoms with Crippen molar-refractivity contribution in [1.82, 2.24) is 14.6 Å². The summed E-state index contributed by atoms with van der Waals surface area (Å²) in [4.78, 5) is 6.40. The number of ether oxygens (including phenoxy) is 3. The molecule has 146 valence electrons. The van der Waals surface area contributed by atoms with Crippen LogP contribution in [0.5, 0.6) is 23.0 Å². The molecule has 0 spiro atoms. The highest BCUT2D eigenvalue weighted by molar-refractivity contribution is 5.68. The van der Waals surface area contributed by atoms with Crippen molar-refractivity contribution in [2.24, 2.45) is 0 Å². The van der Waals surface area contributed by atoms with E-state index in [1.165, 1.54) is 7.11 Å². The molecule has 0 bridgehead atoms. The summed E-state index contributed by atoms with van der Waals surface area (Å²) in [6.07, 6.45) is 1.75. The number of anilines is 2. The topological polar surface area (TPSA) is 81.4 Å². The number of benzene rings is 2. The van der Waals surface area contributed by atoms with Gasteiger partial charge in [0.15, 0.2) is 34.5 Å². The monoisotopic (exact) mass is 390 g/mol. The Morgan fingerprint density at radius 1 is 1.07 bits per heavy atom. The lowest BCUT2D eigenvalue weighted by Gasteiger charge is -2.19. The van der Waals surface area contributed by atoms with Crippen LogP contribution < -0.4 is 19.1 Å². The molecule has 0 fully saturated rings. The normalized spacial score (nSPS) is 12.3. The number of hydrogen-bond acceptors (Lipinski definition) is 7. The van der Waals surface area contributed by atoms with Crippen molar-refractivity contribution in [2.75, 3.05) is 25.9 Å². The van der Waals surface area contributed by atoms with Crippen LogP contribution in [0, 0.1) is 0 Å². The number of nitrogens with zero attached hydrogens (tertiary/aromatic N) is 4. The van der Waals surface area contributed by atoms with Gasteiger partial charge in [0.1, 0.15) is 0 Å². The molecule has 0 saturated heterocycles. The zero-order chi connectivity index (χ0) is 20.0. The van der Waals surface area contributed by atoms with E-state index in [-0.39, 0.29) is 12.5 Å². The summed E-state index contributed by atoms with van der Waals surface area (Å²) < 4.78 is 17.8. The zero-order valence-corrected chi connectivity index (χ0v) is 15.9. The SMILES string of the molecule is COc1cc(-c2cnc3ccc(N(C)c4ccc5c(c4)OCO5)nn23)ccc1O. The number of phenolic OH excluding ortho intramolecular Hbond substituents is 1. The van der Waals surface area contributed by atoms with Crippen molar-refractivity contribution in [3.63, 3.8) is 0 Å². The van der Waals surface area contributed by atoms with Gasteiger partial charge in [-0.25, -0.2) is 9.50 Å². The summed E-state index contributed by atoms with van der Waals surface area (Å²) in [5, 5.41) is 14.6. The van der Waals surface area contributed by atoms with Crippen molar-refractivity contribution < 1.29 is 19.3 Å². The van der Waals surface area contributed by atoms with Crippen LogP contribution in [0.25, 0.3) is 16.9 Å². The van der Waals surface area contributed by atoms with Gasteiger partial charge < -0.3 is 24.2 Å². The Morgan fingerprint density at radius 2 is 1.93 bits per heavy atom. The van der Waals surface area contributed by atoms with Crippen LogP contribution in [0.15, 0.2) is 54.7 Å². The van der Waals surface area contributed by atoms with Crippen molar-refractivity contribution >= 4 is 17.2 Å². The summed E-state index contributed by atoms with van der Waals surface area (Å²) in [5.74, 6) is 2.67. The molecule has 0 amide bonds. The van der Waals surface area contributed by atoms with Crippen LogP contribution in [0.1, 0.15) is 0 Å². The Balaban J connectivity index is 1.56. The maximum atomic E-state index is 9.87. The van der Waals surface area contributed by atoms with Crippen LogP contribution in [0.3, 0.4) is 0 Å². The maximum absolute atomic E-state index is 9.87. The fourth-order valence-electron chi connectivity index (χ4n) is 3.30. The Hall–Kier alpha value is -3.94. The third-order valence-electron chi connectivity index (χ3n) is 4.91. The molecule has 1 aliphatic rings. The average Bonchev–Trinajstić information content (AvgIpc) is 3.39. The van der Waals surface area contributed by atoms with E-state index in [4.69, 9.17) is 19.3 Å². The molecular weight excluding hydrogens is 372 g/mol. The summed E-state index contributed by atoms with van der Waals surface area (Å²) in [6, 6.07) is 14.7. The highest BCUT2D eigenvalue weighted by atomic mass is 16.7. The molecule has 1 N–H and O–H groups in total. The molecule has 0 saturated carbocycles. The molecule has 0 aliphatic carbocycles. The Kier molecular flexibility index (Phi) is 3.90. The number of hydrogen-bond donors (Lipinski definition) is 1. The summed E-state index contributed by atoms with van der Waals surface area (Å²) in [6.45, 7) is 0.237. The first kappa shape index (κ1) is 17.2. The predicted molar refractivity (Wildman–Crippen MR) is 107 cm³/mol. The molecule has 0 atom stereocenters. The van der Waals surface area contributed by atoms with E-state index >= 15 is 0 Å². The highest BCUT2D eigenvalue weighted by Crippen LogP contribution is 2.37. The van der Waals surface area contributed by atoms with Gasteiger partial charge in [-0.15, -0.1) is 5.10 Å². The molecular formula is C21H18N4O4. The van der Waals surface area contributed by atoms with Crippen molar-refractivity contribution in [3.8, 4) is 34.3 Å². The highest BCUT2D eigenvalue weighted by Gasteiger charge is 2.17. The van der Waals surface area contributed by atoms with E-state index in [9.17, 15) is 5.11 Å². The first-order valence-electron chi connectivity index (χ1n) is 8.99. The number of methoxy groups -OCH3 is 1. The van der Waals surface area contributed by atoms with Gasteiger partial charge in [0.2, 0.25) is 6.79 Å².